The Morgan fingerprint density at radius 2 is 1.79 bits per heavy atom. The first-order chi connectivity index (χ1) is 8.97. The number of carbonyl (C=O) groups excluding carboxylic acids is 1. The molecule has 4 heteroatoms. The van der Waals surface area contributed by atoms with Crippen LogP contribution < -0.4 is 0 Å². The fourth-order valence-corrected chi connectivity index (χ4v) is 1.59. The Labute approximate surface area is 115 Å². The highest BCUT2D eigenvalue weighted by atomic mass is 16.4. The average Bonchev–Trinajstić information content (AvgIpc) is 2.35. The zero-order valence-corrected chi connectivity index (χ0v) is 12.2. The molecule has 108 valence electrons. The number of aliphatic carboxylic acids is 1. The molecule has 1 N–H and O–H groups in total. The lowest BCUT2D eigenvalue weighted by Crippen LogP contribution is -2.21. The van der Waals surface area contributed by atoms with Gasteiger partial charge in [0, 0.05) is 26.6 Å². The van der Waals surface area contributed by atoms with E-state index in [1.54, 1.807) is 25.1 Å². The molecule has 0 spiro atoms. The van der Waals surface area contributed by atoms with Crippen molar-refractivity contribution in [3.05, 3.63) is 23.8 Å². The summed E-state index contributed by atoms with van der Waals surface area (Å²) < 4.78 is 0. The van der Waals surface area contributed by atoms with Crippen LogP contribution in [0.3, 0.4) is 0 Å². The summed E-state index contributed by atoms with van der Waals surface area (Å²) in [6.45, 7) is 2.14. The summed E-state index contributed by atoms with van der Waals surface area (Å²) in [7, 11) is 3.44. The molecule has 1 amide bonds. The highest BCUT2D eigenvalue weighted by Gasteiger charge is 2.04. The number of carboxylic acid groups (broad SMARTS) is 1. The molecule has 0 heterocycles. The van der Waals surface area contributed by atoms with Gasteiger partial charge in [-0.2, -0.15) is 0 Å². The molecule has 0 atom stereocenters. The number of amides is 1. The van der Waals surface area contributed by atoms with Gasteiger partial charge in [0.25, 0.3) is 0 Å². The van der Waals surface area contributed by atoms with Crippen molar-refractivity contribution >= 4 is 11.9 Å². The molecule has 0 aromatic carbocycles. The van der Waals surface area contributed by atoms with Gasteiger partial charge in [-0.05, 0) is 19.3 Å². The Balaban J connectivity index is 4.41. The largest absolute Gasteiger partial charge is 0.478 e. The smallest absolute Gasteiger partial charge is 0.328 e. The number of nitrogens with zero attached hydrogens (tertiary/aromatic N) is 1. The van der Waals surface area contributed by atoms with Gasteiger partial charge in [-0.1, -0.05) is 37.5 Å². The molecule has 0 aromatic rings. The van der Waals surface area contributed by atoms with E-state index in [4.69, 9.17) is 5.11 Å². The van der Waals surface area contributed by atoms with Gasteiger partial charge in [-0.15, -0.1) is 0 Å². The second kappa shape index (κ2) is 10.4. The van der Waals surface area contributed by atoms with Crippen LogP contribution in [0, 0.1) is 0 Å². The van der Waals surface area contributed by atoms with Gasteiger partial charge < -0.3 is 10.0 Å². The number of unbranched alkanes of at least 4 members (excludes halogenated alkanes) is 3. The summed E-state index contributed by atoms with van der Waals surface area (Å²) in [5, 5.41) is 8.65. The second-order valence-electron chi connectivity index (χ2n) is 4.73. The first-order valence-electron chi connectivity index (χ1n) is 6.77. The van der Waals surface area contributed by atoms with Crippen LogP contribution in [-0.2, 0) is 9.59 Å². The molecule has 0 aliphatic heterocycles. The van der Waals surface area contributed by atoms with Crippen LogP contribution in [0.4, 0.5) is 0 Å². The monoisotopic (exact) mass is 267 g/mol. The lowest BCUT2D eigenvalue weighted by atomic mass is 10.1. The molecule has 0 aliphatic rings. The van der Waals surface area contributed by atoms with E-state index in [-0.39, 0.29) is 5.91 Å². The van der Waals surface area contributed by atoms with Crippen molar-refractivity contribution in [2.75, 3.05) is 14.1 Å². The van der Waals surface area contributed by atoms with Gasteiger partial charge in [-0.3, -0.25) is 4.79 Å². The minimum Gasteiger partial charge on any atom is -0.478 e. The second-order valence-corrected chi connectivity index (χ2v) is 4.73. The molecule has 0 bridgehead atoms. The Hall–Kier alpha value is -1.58. The molecule has 0 unspecified atom stereocenters. The molecule has 19 heavy (non-hydrogen) atoms. The number of hydrogen-bond acceptors (Lipinski definition) is 2. The maximum atomic E-state index is 11.5. The van der Waals surface area contributed by atoms with Gasteiger partial charge in [0.2, 0.25) is 5.91 Å². The Morgan fingerprint density at radius 1 is 1.11 bits per heavy atom. The van der Waals surface area contributed by atoms with Crippen molar-refractivity contribution < 1.29 is 14.7 Å². The van der Waals surface area contributed by atoms with Crippen molar-refractivity contribution in [2.45, 2.75) is 45.4 Å². The predicted molar refractivity (Wildman–Crippen MR) is 76.9 cm³/mol. The van der Waals surface area contributed by atoms with Crippen molar-refractivity contribution in [1.29, 1.82) is 0 Å². The zero-order valence-electron chi connectivity index (χ0n) is 12.2. The van der Waals surface area contributed by atoms with Gasteiger partial charge in [0.05, 0.1) is 0 Å². The van der Waals surface area contributed by atoms with Crippen LogP contribution >= 0.6 is 0 Å². The third-order valence-corrected chi connectivity index (χ3v) is 2.78. The van der Waals surface area contributed by atoms with E-state index < -0.39 is 5.97 Å². The fraction of sp³-hybridized carbons (Fsp3) is 0.600. The van der Waals surface area contributed by atoms with Crippen LogP contribution in [-0.4, -0.2) is 36.0 Å². The number of rotatable bonds is 9. The molecule has 0 aliphatic carbocycles. The Kier molecular flexibility index (Phi) is 9.49. The van der Waals surface area contributed by atoms with Crippen LogP contribution in [0.25, 0.3) is 0 Å². The maximum absolute atomic E-state index is 11.5. The molecule has 0 radical (unpaired) electrons. The van der Waals surface area contributed by atoms with Crippen molar-refractivity contribution in [3.8, 4) is 0 Å². The maximum Gasteiger partial charge on any atom is 0.328 e. The summed E-state index contributed by atoms with van der Waals surface area (Å²) in [5.41, 5.74) is 0.925. The number of carbonyl (C=O) groups is 2. The first kappa shape index (κ1) is 17.4. The molecular weight excluding hydrogens is 242 g/mol. The third-order valence-electron chi connectivity index (χ3n) is 2.78. The van der Waals surface area contributed by atoms with Crippen LogP contribution in [0.15, 0.2) is 23.8 Å². The summed E-state index contributed by atoms with van der Waals surface area (Å²) in [6.07, 6.45) is 10.1. The molecular formula is C15H25NO3. The van der Waals surface area contributed by atoms with Crippen molar-refractivity contribution in [1.82, 2.24) is 4.90 Å². The highest BCUT2D eigenvalue weighted by Crippen LogP contribution is 2.11. The normalized spacial score (nSPS) is 11.8. The van der Waals surface area contributed by atoms with E-state index in [0.717, 1.165) is 30.9 Å². The summed E-state index contributed by atoms with van der Waals surface area (Å²) in [4.78, 5) is 23.6. The molecule has 4 nitrogen and oxygen atoms in total. The van der Waals surface area contributed by atoms with Crippen LogP contribution in [0.5, 0.6) is 0 Å². The molecule has 0 saturated carbocycles. The van der Waals surface area contributed by atoms with Crippen molar-refractivity contribution in [2.24, 2.45) is 0 Å². The Morgan fingerprint density at radius 3 is 2.32 bits per heavy atom. The summed E-state index contributed by atoms with van der Waals surface area (Å²) >= 11 is 0. The molecule has 0 fully saturated rings. The minimum atomic E-state index is -0.960. The highest BCUT2D eigenvalue weighted by molar-refractivity contribution is 5.80. The van der Waals surface area contributed by atoms with E-state index >= 15 is 0 Å². The SMILES string of the molecule is CCCCC/C=C(/C=C/C(=O)O)CCC(=O)N(C)C. The molecule has 0 rings (SSSR count). The number of hydrogen-bond donors (Lipinski definition) is 1. The predicted octanol–water partition coefficient (Wildman–Crippen LogP) is 3.00. The fourth-order valence-electron chi connectivity index (χ4n) is 1.59. The van der Waals surface area contributed by atoms with Gasteiger partial charge in [0.1, 0.15) is 0 Å². The molecule has 0 aromatic heterocycles. The number of allylic oxidation sites excluding steroid dienone is 3. The van der Waals surface area contributed by atoms with E-state index in [2.05, 4.69) is 6.92 Å². The quantitative estimate of drug-likeness (QED) is 0.397. The Bertz CT molecular complexity index is 343. The van der Waals surface area contributed by atoms with E-state index in [9.17, 15) is 9.59 Å². The van der Waals surface area contributed by atoms with E-state index in [0.29, 0.717) is 12.8 Å². The lowest BCUT2D eigenvalue weighted by Gasteiger charge is -2.10. The summed E-state index contributed by atoms with van der Waals surface area (Å²) in [6, 6.07) is 0. The topological polar surface area (TPSA) is 57.6 Å². The standard InChI is InChI=1S/C15H25NO3/c1-4-5-6-7-8-13(10-12-15(18)19)9-11-14(17)16(2)3/h8,10,12H,4-7,9,11H2,1-3H3,(H,18,19)/b12-10+,13-8+. The van der Waals surface area contributed by atoms with Crippen molar-refractivity contribution in [3.63, 3.8) is 0 Å². The minimum absolute atomic E-state index is 0.0585. The molecule has 0 saturated heterocycles. The average molecular weight is 267 g/mol. The van der Waals surface area contributed by atoms with Crippen LogP contribution in [0.1, 0.15) is 45.4 Å². The first-order valence-corrected chi connectivity index (χ1v) is 6.77. The van der Waals surface area contributed by atoms with Gasteiger partial charge in [-0.25, -0.2) is 4.79 Å². The zero-order chi connectivity index (χ0) is 14.7. The lowest BCUT2D eigenvalue weighted by molar-refractivity contribution is -0.131. The van der Waals surface area contributed by atoms with Gasteiger partial charge in [0.15, 0.2) is 0 Å². The van der Waals surface area contributed by atoms with Crippen LogP contribution in [0.2, 0.25) is 0 Å². The van der Waals surface area contributed by atoms with E-state index in [1.165, 1.54) is 6.42 Å². The van der Waals surface area contributed by atoms with Gasteiger partial charge >= 0.3 is 5.97 Å². The number of carboxylic acids is 1. The van der Waals surface area contributed by atoms with E-state index in [1.807, 2.05) is 6.08 Å². The third kappa shape index (κ3) is 10.1. The summed E-state index contributed by atoms with van der Waals surface area (Å²) in [5.74, 6) is -0.901.